The summed E-state index contributed by atoms with van der Waals surface area (Å²) < 4.78 is 19.5. The summed E-state index contributed by atoms with van der Waals surface area (Å²) in [5, 5.41) is 0.685. The average Bonchev–Trinajstić information content (AvgIpc) is 3.16. The van der Waals surface area contributed by atoms with Gasteiger partial charge in [-0.05, 0) is 53.4 Å². The van der Waals surface area contributed by atoms with Crippen LogP contribution in [0.3, 0.4) is 0 Å². The van der Waals surface area contributed by atoms with Crippen molar-refractivity contribution in [1.82, 2.24) is 4.98 Å². The minimum absolute atomic E-state index is 0.0432. The highest BCUT2D eigenvalue weighted by molar-refractivity contribution is 6.12. The number of rotatable bonds is 6. The van der Waals surface area contributed by atoms with Gasteiger partial charge in [-0.3, -0.25) is 14.6 Å². The van der Waals surface area contributed by atoms with Gasteiger partial charge in [-0.25, -0.2) is 4.39 Å². The summed E-state index contributed by atoms with van der Waals surface area (Å²) in [6, 6.07) is 13.3. The molecule has 2 aromatic carbocycles. The summed E-state index contributed by atoms with van der Waals surface area (Å²) in [6.45, 7) is 7.88. The molecular weight excluding hydrogens is 417 g/mol. The Balaban J connectivity index is 1.81. The smallest absolute Gasteiger partial charge is 0.167 e. The topological polar surface area (TPSA) is 60.2 Å². The van der Waals surface area contributed by atoms with Crippen LogP contribution >= 0.6 is 0 Å². The van der Waals surface area contributed by atoms with Gasteiger partial charge in [0.1, 0.15) is 17.2 Å². The van der Waals surface area contributed by atoms with Crippen LogP contribution < -0.4 is 0 Å². The lowest BCUT2D eigenvalue weighted by Gasteiger charge is -2.16. The van der Waals surface area contributed by atoms with Crippen LogP contribution in [0, 0.1) is 11.2 Å². The maximum absolute atomic E-state index is 13.4. The minimum Gasteiger partial charge on any atom is -0.455 e. The Morgan fingerprint density at radius 3 is 2.27 bits per heavy atom. The van der Waals surface area contributed by atoms with Gasteiger partial charge in [-0.2, -0.15) is 0 Å². The molecule has 0 aliphatic rings. The average molecular weight is 444 g/mol. The van der Waals surface area contributed by atoms with Gasteiger partial charge in [0.2, 0.25) is 0 Å². The fourth-order valence-corrected chi connectivity index (χ4v) is 3.87. The predicted octanol–water partition coefficient (Wildman–Crippen LogP) is 7.51. The second-order valence-electron chi connectivity index (χ2n) is 9.42. The highest BCUT2D eigenvalue weighted by Gasteiger charge is 2.22. The summed E-state index contributed by atoms with van der Waals surface area (Å²) in [6.07, 6.45) is 4.03. The maximum Gasteiger partial charge on any atom is 0.167 e. The van der Waals surface area contributed by atoms with Gasteiger partial charge >= 0.3 is 0 Å². The maximum atomic E-state index is 13.4. The lowest BCUT2D eigenvalue weighted by molar-refractivity contribution is 0.0938. The van der Waals surface area contributed by atoms with E-state index in [1.807, 2.05) is 45.0 Å². The van der Waals surface area contributed by atoms with Crippen LogP contribution in [-0.4, -0.2) is 16.6 Å². The summed E-state index contributed by atoms with van der Waals surface area (Å²) in [7, 11) is 0. The fraction of sp³-hybridized carbons (Fsp3) is 0.250. The molecule has 0 saturated heterocycles. The summed E-state index contributed by atoms with van der Waals surface area (Å²) in [4.78, 5) is 29.9. The number of halogens is 1. The number of nitrogens with zero attached hydrogens (tertiary/aromatic N) is 1. The molecule has 0 unspecified atom stereocenters. The number of pyridine rings is 1. The third-order valence-corrected chi connectivity index (χ3v) is 5.48. The van der Waals surface area contributed by atoms with Crippen molar-refractivity contribution >= 4 is 22.5 Å². The SMILES string of the molecule is CCC(=O)c1c(-c2ccc(F)cc2)oc2ccc(-c3cncc(C(=O)CC(C)(C)C)c3)cc12. The lowest BCUT2D eigenvalue weighted by Crippen LogP contribution is -2.13. The molecule has 4 rings (SSSR count). The molecule has 0 atom stereocenters. The first kappa shape index (κ1) is 22.6. The van der Waals surface area contributed by atoms with E-state index in [0.29, 0.717) is 46.3 Å². The zero-order valence-electron chi connectivity index (χ0n) is 19.2. The molecule has 33 heavy (non-hydrogen) atoms. The van der Waals surface area contributed by atoms with E-state index < -0.39 is 0 Å². The first-order valence-electron chi connectivity index (χ1n) is 11.0. The number of furan rings is 1. The number of hydrogen-bond acceptors (Lipinski definition) is 4. The second kappa shape index (κ2) is 8.74. The molecule has 0 bridgehead atoms. The summed E-state index contributed by atoms with van der Waals surface area (Å²) in [5.41, 5.74) is 3.76. The third kappa shape index (κ3) is 4.77. The lowest BCUT2D eigenvalue weighted by atomic mass is 9.88. The molecule has 0 fully saturated rings. The van der Waals surface area contributed by atoms with Crippen LogP contribution in [-0.2, 0) is 0 Å². The minimum atomic E-state index is -0.353. The van der Waals surface area contributed by atoms with Crippen LogP contribution in [0.15, 0.2) is 65.3 Å². The molecular formula is C28H26FNO3. The Morgan fingerprint density at radius 1 is 0.909 bits per heavy atom. The Kier molecular flexibility index (Phi) is 5.98. The normalized spacial score (nSPS) is 11.7. The van der Waals surface area contributed by atoms with Crippen molar-refractivity contribution in [3.8, 4) is 22.5 Å². The largest absolute Gasteiger partial charge is 0.455 e. The highest BCUT2D eigenvalue weighted by Crippen LogP contribution is 2.37. The standard InChI is InChI=1S/C28H26FNO3/c1-5-23(31)26-22-13-18(19-12-20(16-30-15-19)24(32)14-28(2,3)4)8-11-25(22)33-27(26)17-6-9-21(29)10-7-17/h6-13,15-16H,5,14H2,1-4H3. The highest BCUT2D eigenvalue weighted by atomic mass is 19.1. The van der Waals surface area contributed by atoms with Gasteiger partial charge in [-0.1, -0.05) is 33.8 Å². The third-order valence-electron chi connectivity index (χ3n) is 5.48. The number of carbonyl (C=O) groups excluding carboxylic acids is 2. The Labute approximate surface area is 192 Å². The molecule has 2 aromatic heterocycles. The van der Waals surface area contributed by atoms with E-state index in [9.17, 15) is 14.0 Å². The van der Waals surface area contributed by atoms with Crippen molar-refractivity contribution in [2.24, 2.45) is 5.41 Å². The van der Waals surface area contributed by atoms with Crippen LogP contribution in [0.4, 0.5) is 4.39 Å². The summed E-state index contributed by atoms with van der Waals surface area (Å²) in [5.74, 6) is 0.0641. The van der Waals surface area contributed by atoms with Crippen LogP contribution in [0.5, 0.6) is 0 Å². The molecule has 168 valence electrons. The molecule has 5 heteroatoms. The van der Waals surface area contributed by atoms with Gasteiger partial charge < -0.3 is 4.42 Å². The molecule has 0 aliphatic heterocycles. The van der Waals surface area contributed by atoms with E-state index in [4.69, 9.17) is 4.42 Å². The number of Topliss-reactive ketones (excluding diaryl/α,β-unsaturated/α-hetero) is 2. The van der Waals surface area contributed by atoms with E-state index >= 15 is 0 Å². The van der Waals surface area contributed by atoms with Crippen molar-refractivity contribution in [2.75, 3.05) is 0 Å². The monoisotopic (exact) mass is 443 g/mol. The Bertz CT molecular complexity index is 1340. The molecule has 0 amide bonds. The predicted molar refractivity (Wildman–Crippen MR) is 128 cm³/mol. The second-order valence-corrected chi connectivity index (χ2v) is 9.42. The zero-order chi connectivity index (χ0) is 23.8. The van der Waals surface area contributed by atoms with Gasteiger partial charge in [0.15, 0.2) is 11.6 Å². The number of ketones is 2. The Hall–Kier alpha value is -3.60. The Morgan fingerprint density at radius 2 is 1.61 bits per heavy atom. The van der Waals surface area contributed by atoms with Crippen LogP contribution in [0.2, 0.25) is 0 Å². The zero-order valence-corrected chi connectivity index (χ0v) is 19.2. The number of benzene rings is 2. The first-order valence-corrected chi connectivity index (χ1v) is 11.0. The number of hydrogen-bond donors (Lipinski definition) is 0. The van der Waals surface area contributed by atoms with Gasteiger partial charge in [-0.15, -0.1) is 0 Å². The van der Waals surface area contributed by atoms with E-state index in [-0.39, 0.29) is 22.8 Å². The van der Waals surface area contributed by atoms with Gasteiger partial charge in [0.25, 0.3) is 0 Å². The first-order chi connectivity index (χ1) is 15.7. The molecule has 0 N–H and O–H groups in total. The van der Waals surface area contributed by atoms with Crippen molar-refractivity contribution in [1.29, 1.82) is 0 Å². The molecule has 4 nitrogen and oxygen atoms in total. The summed E-state index contributed by atoms with van der Waals surface area (Å²) >= 11 is 0. The van der Waals surface area contributed by atoms with E-state index in [1.165, 1.54) is 12.1 Å². The molecule has 2 heterocycles. The molecule has 0 radical (unpaired) electrons. The van der Waals surface area contributed by atoms with Crippen LogP contribution in [0.25, 0.3) is 33.4 Å². The quantitative estimate of drug-likeness (QED) is 0.289. The fourth-order valence-electron chi connectivity index (χ4n) is 3.87. The van der Waals surface area contributed by atoms with Crippen LogP contribution in [0.1, 0.15) is 61.3 Å². The van der Waals surface area contributed by atoms with Gasteiger partial charge in [0, 0.05) is 47.3 Å². The number of aromatic nitrogens is 1. The van der Waals surface area contributed by atoms with Crippen molar-refractivity contribution < 1.29 is 18.4 Å². The van der Waals surface area contributed by atoms with Crippen molar-refractivity contribution in [3.05, 3.63) is 77.9 Å². The molecule has 0 spiro atoms. The number of carbonyl (C=O) groups is 2. The van der Waals surface area contributed by atoms with Crippen molar-refractivity contribution in [3.63, 3.8) is 0 Å². The molecule has 0 saturated carbocycles. The number of fused-ring (bicyclic) bond motifs is 1. The van der Waals surface area contributed by atoms with E-state index in [0.717, 1.165) is 11.1 Å². The van der Waals surface area contributed by atoms with E-state index in [2.05, 4.69) is 4.98 Å². The molecule has 4 aromatic rings. The molecule has 0 aliphatic carbocycles. The van der Waals surface area contributed by atoms with Crippen molar-refractivity contribution in [2.45, 2.75) is 40.5 Å². The van der Waals surface area contributed by atoms with Gasteiger partial charge in [0.05, 0.1) is 5.56 Å². The van der Waals surface area contributed by atoms with E-state index in [1.54, 1.807) is 31.5 Å².